The number of hydrazine groups is 1. The van der Waals surface area contributed by atoms with Gasteiger partial charge in [-0.25, -0.2) is 10.8 Å². The van der Waals surface area contributed by atoms with E-state index in [-0.39, 0.29) is 0 Å². The van der Waals surface area contributed by atoms with Crippen molar-refractivity contribution in [1.29, 1.82) is 5.26 Å². The van der Waals surface area contributed by atoms with Gasteiger partial charge in [-0.3, -0.25) is 5.01 Å². The van der Waals surface area contributed by atoms with Crippen LogP contribution in [0, 0.1) is 11.3 Å². The Hall–Kier alpha value is -1.60. The molecule has 0 bridgehead atoms. The third-order valence-electron chi connectivity index (χ3n) is 2.86. The molecule has 1 aromatic heterocycles. The van der Waals surface area contributed by atoms with E-state index in [2.05, 4.69) is 4.98 Å². The van der Waals surface area contributed by atoms with Crippen molar-refractivity contribution >= 4 is 5.82 Å². The van der Waals surface area contributed by atoms with Crippen LogP contribution in [0.15, 0.2) is 18.3 Å². The average molecular weight is 202 g/mol. The second-order valence-corrected chi connectivity index (χ2v) is 3.86. The number of aromatic nitrogens is 1. The molecule has 0 radical (unpaired) electrons. The van der Waals surface area contributed by atoms with Crippen molar-refractivity contribution in [2.45, 2.75) is 31.7 Å². The van der Waals surface area contributed by atoms with Crippen molar-refractivity contribution in [2.24, 2.45) is 5.84 Å². The van der Waals surface area contributed by atoms with Gasteiger partial charge in [0.05, 0.1) is 5.56 Å². The van der Waals surface area contributed by atoms with E-state index in [1.807, 2.05) is 6.07 Å². The third-order valence-corrected chi connectivity index (χ3v) is 2.86. The first-order valence-corrected chi connectivity index (χ1v) is 5.21. The number of hydrogen-bond donors (Lipinski definition) is 1. The van der Waals surface area contributed by atoms with Crippen molar-refractivity contribution in [2.75, 3.05) is 5.01 Å². The molecule has 15 heavy (non-hydrogen) atoms. The summed E-state index contributed by atoms with van der Waals surface area (Å²) in [6, 6.07) is 6.00. The molecule has 0 aromatic carbocycles. The van der Waals surface area contributed by atoms with E-state index in [0.29, 0.717) is 11.6 Å². The molecular weight excluding hydrogens is 188 g/mol. The van der Waals surface area contributed by atoms with Gasteiger partial charge < -0.3 is 0 Å². The molecule has 0 spiro atoms. The van der Waals surface area contributed by atoms with E-state index in [1.54, 1.807) is 23.3 Å². The Morgan fingerprint density at radius 2 is 2.13 bits per heavy atom. The van der Waals surface area contributed by atoms with Gasteiger partial charge in [0.15, 0.2) is 0 Å². The van der Waals surface area contributed by atoms with Crippen molar-refractivity contribution in [1.82, 2.24) is 4.98 Å². The molecule has 1 heterocycles. The van der Waals surface area contributed by atoms with E-state index in [4.69, 9.17) is 11.1 Å². The predicted octanol–water partition coefficient (Wildman–Crippen LogP) is 1.58. The van der Waals surface area contributed by atoms with Gasteiger partial charge in [-0.15, -0.1) is 0 Å². The first-order valence-electron chi connectivity index (χ1n) is 5.21. The summed E-state index contributed by atoms with van der Waals surface area (Å²) < 4.78 is 0. The molecule has 2 rings (SSSR count). The van der Waals surface area contributed by atoms with Crippen LogP contribution in [0.3, 0.4) is 0 Å². The zero-order valence-electron chi connectivity index (χ0n) is 8.56. The second kappa shape index (κ2) is 4.28. The maximum atomic E-state index is 8.64. The Labute approximate surface area is 89.3 Å². The summed E-state index contributed by atoms with van der Waals surface area (Å²) in [6.07, 6.45) is 6.32. The zero-order chi connectivity index (χ0) is 10.7. The number of hydrogen-bond acceptors (Lipinski definition) is 4. The van der Waals surface area contributed by atoms with E-state index < -0.39 is 0 Å². The molecule has 0 atom stereocenters. The van der Waals surface area contributed by atoms with Crippen LogP contribution < -0.4 is 10.9 Å². The first kappa shape index (κ1) is 9.94. The predicted molar refractivity (Wildman–Crippen MR) is 57.9 cm³/mol. The minimum atomic E-state index is 0.408. The molecule has 0 saturated heterocycles. The maximum Gasteiger partial charge on any atom is 0.142 e. The van der Waals surface area contributed by atoms with E-state index >= 15 is 0 Å². The summed E-state index contributed by atoms with van der Waals surface area (Å²) in [7, 11) is 0. The summed E-state index contributed by atoms with van der Waals surface area (Å²) >= 11 is 0. The summed E-state index contributed by atoms with van der Waals surface area (Å²) in [4.78, 5) is 4.17. The van der Waals surface area contributed by atoms with Crippen LogP contribution in [0.5, 0.6) is 0 Å². The van der Waals surface area contributed by atoms with Crippen LogP contribution in [0.4, 0.5) is 5.82 Å². The van der Waals surface area contributed by atoms with Crippen molar-refractivity contribution in [3.8, 4) is 6.07 Å². The normalized spacial score (nSPS) is 16.3. The lowest BCUT2D eigenvalue weighted by atomic mass is 10.2. The lowest BCUT2D eigenvalue weighted by Gasteiger charge is -2.24. The van der Waals surface area contributed by atoms with E-state index in [1.165, 1.54) is 12.8 Å². The Bertz CT molecular complexity index is 359. The Balaban J connectivity index is 2.11. The third kappa shape index (κ3) is 2.08. The van der Waals surface area contributed by atoms with Crippen LogP contribution in [-0.4, -0.2) is 11.0 Å². The highest BCUT2D eigenvalue weighted by atomic mass is 15.4. The molecule has 78 valence electrons. The van der Waals surface area contributed by atoms with E-state index in [9.17, 15) is 0 Å². The number of pyridine rings is 1. The summed E-state index contributed by atoms with van der Waals surface area (Å²) in [5, 5.41) is 10.4. The Morgan fingerprint density at radius 3 is 2.67 bits per heavy atom. The lowest BCUT2D eigenvalue weighted by molar-refractivity contribution is 0.616. The highest BCUT2D eigenvalue weighted by Crippen LogP contribution is 2.24. The smallest absolute Gasteiger partial charge is 0.142 e. The number of nitrogens with two attached hydrogens (primary N) is 1. The van der Waals surface area contributed by atoms with Gasteiger partial charge >= 0.3 is 0 Å². The van der Waals surface area contributed by atoms with Crippen LogP contribution in [0.2, 0.25) is 0 Å². The number of nitriles is 1. The van der Waals surface area contributed by atoms with Crippen LogP contribution in [-0.2, 0) is 0 Å². The second-order valence-electron chi connectivity index (χ2n) is 3.86. The molecule has 0 aliphatic heterocycles. The zero-order valence-corrected chi connectivity index (χ0v) is 8.56. The van der Waals surface area contributed by atoms with Crippen molar-refractivity contribution in [3.63, 3.8) is 0 Å². The monoisotopic (exact) mass is 202 g/mol. The minimum absolute atomic E-state index is 0.408. The van der Waals surface area contributed by atoms with Gasteiger partial charge in [-0.05, 0) is 25.0 Å². The molecule has 2 N–H and O–H groups in total. The Morgan fingerprint density at radius 1 is 1.40 bits per heavy atom. The highest BCUT2D eigenvalue weighted by molar-refractivity contribution is 5.41. The molecule has 1 aliphatic carbocycles. The number of rotatable bonds is 2. The topological polar surface area (TPSA) is 65.9 Å². The fourth-order valence-corrected chi connectivity index (χ4v) is 1.97. The first-order chi connectivity index (χ1) is 7.31. The summed E-state index contributed by atoms with van der Waals surface area (Å²) in [6.45, 7) is 0. The van der Waals surface area contributed by atoms with Gasteiger partial charge in [0.2, 0.25) is 0 Å². The van der Waals surface area contributed by atoms with Gasteiger partial charge in [-0.2, -0.15) is 5.26 Å². The molecular formula is C11H14N4. The molecule has 0 amide bonds. The van der Waals surface area contributed by atoms with Crippen molar-refractivity contribution < 1.29 is 0 Å². The standard InChI is InChI=1S/C11H14N4/c12-7-9-5-6-11(14-8-9)15(13)10-3-1-2-4-10/h5-6,8,10H,1-4,13H2. The molecule has 1 aromatic rings. The molecule has 1 aliphatic rings. The van der Waals surface area contributed by atoms with E-state index in [0.717, 1.165) is 18.7 Å². The molecule has 0 unspecified atom stereocenters. The largest absolute Gasteiger partial charge is 0.292 e. The van der Waals surface area contributed by atoms with Gasteiger partial charge in [0, 0.05) is 12.2 Å². The van der Waals surface area contributed by atoms with Crippen LogP contribution in [0.1, 0.15) is 31.2 Å². The number of anilines is 1. The molecule has 1 saturated carbocycles. The minimum Gasteiger partial charge on any atom is -0.292 e. The Kier molecular flexibility index (Phi) is 2.84. The molecule has 1 fully saturated rings. The SMILES string of the molecule is N#Cc1ccc(N(N)C2CCCC2)nc1. The fraction of sp³-hybridized carbons (Fsp3) is 0.455. The fourth-order valence-electron chi connectivity index (χ4n) is 1.97. The summed E-state index contributed by atoms with van der Waals surface area (Å²) in [5.74, 6) is 6.73. The molecule has 4 nitrogen and oxygen atoms in total. The molecule has 4 heteroatoms. The number of nitrogens with zero attached hydrogens (tertiary/aromatic N) is 3. The van der Waals surface area contributed by atoms with Crippen LogP contribution in [0.25, 0.3) is 0 Å². The highest BCUT2D eigenvalue weighted by Gasteiger charge is 2.21. The quantitative estimate of drug-likeness (QED) is 0.584. The summed E-state index contributed by atoms with van der Waals surface area (Å²) in [5.41, 5.74) is 0.568. The van der Waals surface area contributed by atoms with Crippen molar-refractivity contribution in [3.05, 3.63) is 23.9 Å². The van der Waals surface area contributed by atoms with Gasteiger partial charge in [-0.1, -0.05) is 12.8 Å². The van der Waals surface area contributed by atoms with Gasteiger partial charge in [0.25, 0.3) is 0 Å². The lowest BCUT2D eigenvalue weighted by Crippen LogP contribution is -2.40. The maximum absolute atomic E-state index is 8.64. The van der Waals surface area contributed by atoms with Crippen LogP contribution >= 0.6 is 0 Å². The average Bonchev–Trinajstić information content (AvgIpc) is 2.82. The van der Waals surface area contributed by atoms with Gasteiger partial charge in [0.1, 0.15) is 11.9 Å².